The molecule has 0 fully saturated rings. The van der Waals surface area contributed by atoms with E-state index >= 15 is 0 Å². The van der Waals surface area contributed by atoms with Crippen LogP contribution in [0.2, 0.25) is 0 Å². The van der Waals surface area contributed by atoms with Crippen LogP contribution in [-0.2, 0) is 20.2 Å². The summed E-state index contributed by atoms with van der Waals surface area (Å²) in [6.07, 6.45) is 6.07. The maximum Gasteiger partial charge on any atom is 0.294 e. The van der Waals surface area contributed by atoms with Crippen molar-refractivity contribution in [1.29, 1.82) is 0 Å². The maximum atomic E-state index is 11.4. The van der Waals surface area contributed by atoms with Crippen LogP contribution in [0.4, 0.5) is 0 Å². The molecule has 2 N–H and O–H groups in total. The van der Waals surface area contributed by atoms with Gasteiger partial charge in [0.2, 0.25) is 0 Å². The summed E-state index contributed by atoms with van der Waals surface area (Å²) in [5.74, 6) is -0.365. The summed E-state index contributed by atoms with van der Waals surface area (Å²) in [5.41, 5.74) is 0.143. The zero-order valence-electron chi connectivity index (χ0n) is 11.8. The van der Waals surface area contributed by atoms with Gasteiger partial charge in [0, 0.05) is 5.41 Å². The highest BCUT2D eigenvalue weighted by Crippen LogP contribution is 2.38. The molecule has 8 heteroatoms. The fourth-order valence-electron chi connectivity index (χ4n) is 2.23. The standard InChI is InChI=1S/C13H20O6S2/c1-3-13(2)8-7-12(21(17,18)19)11(10-13)6-4-5-9-20(14,15)16/h3,7-8H,1,4-6,9-10H2,2H3,(H,14,15,16)(H,17,18,19). The number of allylic oxidation sites excluding steroid dienone is 4. The van der Waals surface area contributed by atoms with E-state index < -0.39 is 25.7 Å². The molecule has 0 heterocycles. The first-order chi connectivity index (χ1) is 9.47. The van der Waals surface area contributed by atoms with Crippen LogP contribution < -0.4 is 0 Å². The van der Waals surface area contributed by atoms with Gasteiger partial charge in [-0.1, -0.05) is 19.1 Å². The number of unbranched alkanes of at least 4 members (excludes halogenated alkanes) is 1. The molecule has 0 aromatic carbocycles. The normalized spacial score (nSPS) is 23.4. The second-order valence-electron chi connectivity index (χ2n) is 5.41. The molecule has 0 amide bonds. The monoisotopic (exact) mass is 336 g/mol. The summed E-state index contributed by atoms with van der Waals surface area (Å²) < 4.78 is 61.9. The third-order valence-corrected chi connectivity index (χ3v) is 5.22. The first-order valence-corrected chi connectivity index (χ1v) is 9.49. The molecule has 0 aromatic heterocycles. The molecular weight excluding hydrogens is 316 g/mol. The zero-order chi connectivity index (χ0) is 16.3. The van der Waals surface area contributed by atoms with Gasteiger partial charge in [-0.3, -0.25) is 9.11 Å². The second-order valence-corrected chi connectivity index (χ2v) is 8.37. The summed E-state index contributed by atoms with van der Waals surface area (Å²) in [6, 6.07) is 0. The van der Waals surface area contributed by atoms with Crippen LogP contribution in [0.5, 0.6) is 0 Å². The molecule has 0 radical (unpaired) electrons. The fourth-order valence-corrected chi connectivity index (χ4v) is 3.58. The average Bonchev–Trinajstić information content (AvgIpc) is 2.32. The van der Waals surface area contributed by atoms with Crippen molar-refractivity contribution in [2.45, 2.75) is 32.6 Å². The lowest BCUT2D eigenvalue weighted by molar-refractivity contribution is 0.475. The Hall–Kier alpha value is -0.960. The molecule has 0 aromatic rings. The van der Waals surface area contributed by atoms with E-state index in [0.717, 1.165) is 0 Å². The molecular formula is C13H20O6S2. The van der Waals surface area contributed by atoms with E-state index in [9.17, 15) is 21.4 Å². The van der Waals surface area contributed by atoms with Gasteiger partial charge in [-0.05, 0) is 37.3 Å². The maximum absolute atomic E-state index is 11.4. The topological polar surface area (TPSA) is 109 Å². The van der Waals surface area contributed by atoms with Crippen LogP contribution in [0, 0.1) is 5.41 Å². The van der Waals surface area contributed by atoms with Crippen molar-refractivity contribution in [3.05, 3.63) is 35.3 Å². The molecule has 120 valence electrons. The van der Waals surface area contributed by atoms with Crippen LogP contribution in [0.25, 0.3) is 0 Å². The lowest BCUT2D eigenvalue weighted by Crippen LogP contribution is -2.18. The van der Waals surface area contributed by atoms with Crippen molar-refractivity contribution in [2.24, 2.45) is 5.41 Å². The van der Waals surface area contributed by atoms with Crippen LogP contribution in [0.1, 0.15) is 32.6 Å². The van der Waals surface area contributed by atoms with E-state index in [0.29, 0.717) is 24.8 Å². The SMILES string of the molecule is C=CC1(C)C=CC(S(=O)(=O)O)=C(CCCCS(=O)(=O)O)C1. The van der Waals surface area contributed by atoms with Gasteiger partial charge < -0.3 is 0 Å². The molecule has 0 bridgehead atoms. The molecule has 1 aliphatic rings. The molecule has 0 saturated heterocycles. The van der Waals surface area contributed by atoms with Crippen molar-refractivity contribution < 1.29 is 25.9 Å². The van der Waals surface area contributed by atoms with Crippen molar-refractivity contribution in [3.63, 3.8) is 0 Å². The van der Waals surface area contributed by atoms with Crippen LogP contribution >= 0.6 is 0 Å². The van der Waals surface area contributed by atoms with Gasteiger partial charge in [-0.25, -0.2) is 0 Å². The minimum atomic E-state index is -4.31. The van der Waals surface area contributed by atoms with Crippen LogP contribution in [0.3, 0.4) is 0 Å². The molecule has 0 aliphatic heterocycles. The molecule has 0 saturated carbocycles. The first-order valence-electron chi connectivity index (χ1n) is 6.44. The Labute approximate surface area is 125 Å². The molecule has 1 atom stereocenters. The van der Waals surface area contributed by atoms with Gasteiger partial charge in [0.05, 0.1) is 10.7 Å². The fraction of sp³-hybridized carbons (Fsp3) is 0.538. The van der Waals surface area contributed by atoms with Gasteiger partial charge in [-0.2, -0.15) is 16.8 Å². The zero-order valence-corrected chi connectivity index (χ0v) is 13.5. The van der Waals surface area contributed by atoms with Crippen molar-refractivity contribution >= 4 is 20.2 Å². The Bertz CT molecular complexity index is 669. The van der Waals surface area contributed by atoms with Crippen molar-refractivity contribution in [3.8, 4) is 0 Å². The molecule has 1 unspecified atom stereocenters. The Kier molecular flexibility index (Phi) is 5.54. The minimum absolute atomic E-state index is 0.131. The third kappa shape index (κ3) is 5.74. The van der Waals surface area contributed by atoms with Gasteiger partial charge >= 0.3 is 0 Å². The highest BCUT2D eigenvalue weighted by Gasteiger charge is 2.28. The Balaban J connectivity index is 2.88. The molecule has 1 rings (SSSR count). The predicted molar refractivity (Wildman–Crippen MR) is 80.9 cm³/mol. The first kappa shape index (κ1) is 18.1. The summed E-state index contributed by atoms with van der Waals surface area (Å²) >= 11 is 0. The summed E-state index contributed by atoms with van der Waals surface area (Å²) in [7, 11) is -8.32. The number of rotatable bonds is 7. The summed E-state index contributed by atoms with van der Waals surface area (Å²) in [4.78, 5) is -0.131. The third-order valence-electron chi connectivity index (χ3n) is 3.43. The van der Waals surface area contributed by atoms with Crippen molar-refractivity contribution in [2.75, 3.05) is 5.75 Å². The Morgan fingerprint density at radius 2 is 1.90 bits per heavy atom. The predicted octanol–water partition coefficient (Wildman–Crippen LogP) is 2.34. The quantitative estimate of drug-likeness (QED) is 0.419. The van der Waals surface area contributed by atoms with Gasteiger partial charge in [0.25, 0.3) is 20.2 Å². The highest BCUT2D eigenvalue weighted by molar-refractivity contribution is 7.90. The molecule has 6 nitrogen and oxygen atoms in total. The van der Waals surface area contributed by atoms with Gasteiger partial charge in [0.15, 0.2) is 0 Å². The number of hydrogen-bond acceptors (Lipinski definition) is 4. The lowest BCUT2D eigenvalue weighted by Gasteiger charge is -2.28. The van der Waals surface area contributed by atoms with E-state index in [1.165, 1.54) is 6.08 Å². The van der Waals surface area contributed by atoms with E-state index in [1.54, 1.807) is 12.2 Å². The van der Waals surface area contributed by atoms with E-state index in [-0.39, 0.29) is 17.1 Å². The Morgan fingerprint density at radius 1 is 1.29 bits per heavy atom. The van der Waals surface area contributed by atoms with Crippen molar-refractivity contribution in [1.82, 2.24) is 0 Å². The van der Waals surface area contributed by atoms with E-state index in [4.69, 9.17) is 4.55 Å². The molecule has 0 spiro atoms. The molecule has 1 aliphatic carbocycles. The van der Waals surface area contributed by atoms with E-state index in [1.807, 2.05) is 6.92 Å². The lowest BCUT2D eigenvalue weighted by atomic mass is 9.79. The smallest absolute Gasteiger partial charge is 0.286 e. The second kappa shape index (κ2) is 6.43. The number of hydrogen-bond donors (Lipinski definition) is 2. The summed E-state index contributed by atoms with van der Waals surface area (Å²) in [5, 5.41) is 0. The Morgan fingerprint density at radius 3 is 2.38 bits per heavy atom. The minimum Gasteiger partial charge on any atom is -0.286 e. The molecule has 21 heavy (non-hydrogen) atoms. The van der Waals surface area contributed by atoms with Crippen LogP contribution in [0.15, 0.2) is 35.3 Å². The van der Waals surface area contributed by atoms with Crippen LogP contribution in [-0.4, -0.2) is 31.7 Å². The average molecular weight is 336 g/mol. The largest absolute Gasteiger partial charge is 0.294 e. The summed E-state index contributed by atoms with van der Waals surface area (Å²) in [6.45, 7) is 5.59. The van der Waals surface area contributed by atoms with E-state index in [2.05, 4.69) is 6.58 Å². The van der Waals surface area contributed by atoms with Gasteiger partial charge in [0.1, 0.15) is 0 Å². The highest BCUT2D eigenvalue weighted by atomic mass is 32.2. The van der Waals surface area contributed by atoms with Gasteiger partial charge in [-0.15, -0.1) is 6.58 Å².